The largest absolute Gasteiger partial charge is 0.342 e. The van der Waals surface area contributed by atoms with Crippen molar-refractivity contribution >= 4 is 5.91 Å². The second kappa shape index (κ2) is 6.04. The van der Waals surface area contributed by atoms with Gasteiger partial charge in [-0.15, -0.1) is 0 Å². The fourth-order valence-corrected chi connectivity index (χ4v) is 3.93. The number of amides is 1. The number of aromatic nitrogens is 2. The normalized spacial score (nSPS) is 25.9. The standard InChI is InChI=1S/C19H22FN3O/c1-22-11-14(10-21-22)8-13-6-7-23(12-13)19(24)17-9-16(17)15-4-2-3-5-18(15)20/h2-5,10-11,13,16-17H,6-9,12H2,1H3/t13-,16+,17+/m0/s1. The molecule has 2 aromatic rings. The SMILES string of the molecule is Cn1cc(C[C@@H]2CCN(C(=O)[C@@H]3C[C@@H]3c3ccccc3F)C2)cn1. The van der Waals surface area contributed by atoms with Gasteiger partial charge in [-0.2, -0.15) is 5.10 Å². The van der Waals surface area contributed by atoms with Gasteiger partial charge in [-0.1, -0.05) is 18.2 Å². The van der Waals surface area contributed by atoms with Crippen LogP contribution in [0.4, 0.5) is 4.39 Å². The number of carbonyl (C=O) groups is 1. The van der Waals surface area contributed by atoms with E-state index in [1.165, 1.54) is 11.6 Å². The van der Waals surface area contributed by atoms with Crippen LogP contribution in [0.1, 0.15) is 29.9 Å². The molecule has 4 rings (SSSR count). The van der Waals surface area contributed by atoms with Crippen molar-refractivity contribution < 1.29 is 9.18 Å². The van der Waals surface area contributed by atoms with E-state index in [4.69, 9.17) is 0 Å². The van der Waals surface area contributed by atoms with Crippen molar-refractivity contribution in [1.29, 1.82) is 0 Å². The number of carbonyl (C=O) groups excluding carboxylic acids is 1. The predicted molar refractivity (Wildman–Crippen MR) is 88.8 cm³/mol. The van der Waals surface area contributed by atoms with Crippen LogP contribution < -0.4 is 0 Å². The van der Waals surface area contributed by atoms with Crippen molar-refractivity contribution in [1.82, 2.24) is 14.7 Å². The van der Waals surface area contributed by atoms with E-state index < -0.39 is 0 Å². The molecular weight excluding hydrogens is 305 g/mol. The van der Waals surface area contributed by atoms with Gasteiger partial charge < -0.3 is 4.90 Å². The highest BCUT2D eigenvalue weighted by Gasteiger charge is 2.47. The van der Waals surface area contributed by atoms with Crippen LogP contribution in [0.2, 0.25) is 0 Å². The first-order chi connectivity index (χ1) is 11.6. The molecule has 0 bridgehead atoms. The lowest BCUT2D eigenvalue weighted by Gasteiger charge is -2.16. The van der Waals surface area contributed by atoms with E-state index >= 15 is 0 Å². The highest BCUT2D eigenvalue weighted by Crippen LogP contribution is 2.49. The number of hydrogen-bond donors (Lipinski definition) is 0. The zero-order valence-electron chi connectivity index (χ0n) is 13.9. The van der Waals surface area contributed by atoms with Crippen molar-refractivity contribution in [2.75, 3.05) is 13.1 Å². The predicted octanol–water partition coefficient (Wildman–Crippen LogP) is 2.75. The number of likely N-dealkylation sites (tertiary alicyclic amines) is 1. The molecule has 0 N–H and O–H groups in total. The third-order valence-electron chi connectivity index (χ3n) is 5.29. The molecule has 2 aliphatic rings. The third kappa shape index (κ3) is 2.95. The first-order valence-corrected chi connectivity index (χ1v) is 8.62. The minimum absolute atomic E-state index is 0.0287. The van der Waals surface area contributed by atoms with Crippen LogP contribution in [0.5, 0.6) is 0 Å². The minimum Gasteiger partial charge on any atom is -0.342 e. The van der Waals surface area contributed by atoms with Gasteiger partial charge in [-0.05, 0) is 48.3 Å². The van der Waals surface area contributed by atoms with Gasteiger partial charge >= 0.3 is 0 Å². The molecule has 3 atom stereocenters. The smallest absolute Gasteiger partial charge is 0.226 e. The summed E-state index contributed by atoms with van der Waals surface area (Å²) in [5.41, 5.74) is 1.93. The first-order valence-electron chi connectivity index (χ1n) is 8.62. The van der Waals surface area contributed by atoms with Crippen LogP contribution in [0, 0.1) is 17.7 Å². The summed E-state index contributed by atoms with van der Waals surface area (Å²) in [5.74, 6) is 0.560. The van der Waals surface area contributed by atoms with Crippen molar-refractivity contribution in [3.8, 4) is 0 Å². The summed E-state index contributed by atoms with van der Waals surface area (Å²) in [7, 11) is 1.92. The summed E-state index contributed by atoms with van der Waals surface area (Å²) in [6, 6.07) is 6.83. The molecule has 126 valence electrons. The molecule has 5 heteroatoms. The van der Waals surface area contributed by atoms with Crippen LogP contribution in [-0.2, 0) is 18.3 Å². The van der Waals surface area contributed by atoms with Crippen molar-refractivity contribution in [2.45, 2.75) is 25.2 Å². The van der Waals surface area contributed by atoms with Crippen LogP contribution >= 0.6 is 0 Å². The van der Waals surface area contributed by atoms with Gasteiger partial charge in [0.05, 0.1) is 6.20 Å². The van der Waals surface area contributed by atoms with E-state index in [1.807, 2.05) is 41.2 Å². The summed E-state index contributed by atoms with van der Waals surface area (Å²) >= 11 is 0. The van der Waals surface area contributed by atoms with Gasteiger partial charge in [0.25, 0.3) is 0 Å². The molecule has 24 heavy (non-hydrogen) atoms. The molecule has 4 nitrogen and oxygen atoms in total. The number of benzene rings is 1. The molecule has 2 fully saturated rings. The van der Waals surface area contributed by atoms with Gasteiger partial charge in [-0.3, -0.25) is 9.48 Å². The Morgan fingerprint density at radius 2 is 2.21 bits per heavy atom. The molecular formula is C19H22FN3O. The van der Waals surface area contributed by atoms with Gasteiger partial charge in [0.1, 0.15) is 5.82 Å². The average molecular weight is 327 g/mol. The summed E-state index contributed by atoms with van der Waals surface area (Å²) in [6.45, 7) is 1.64. The van der Waals surface area contributed by atoms with E-state index in [0.29, 0.717) is 11.5 Å². The lowest BCUT2D eigenvalue weighted by molar-refractivity contribution is -0.131. The zero-order chi connectivity index (χ0) is 16.7. The van der Waals surface area contributed by atoms with Crippen LogP contribution in [0.25, 0.3) is 0 Å². The zero-order valence-corrected chi connectivity index (χ0v) is 13.9. The van der Waals surface area contributed by atoms with Crippen molar-refractivity contribution in [2.24, 2.45) is 18.9 Å². The van der Waals surface area contributed by atoms with Crippen molar-refractivity contribution in [3.63, 3.8) is 0 Å². The Labute approximate surface area is 141 Å². The number of halogens is 1. The Morgan fingerprint density at radius 3 is 2.96 bits per heavy atom. The second-order valence-corrected chi connectivity index (χ2v) is 7.14. The molecule has 1 saturated heterocycles. The molecule has 1 saturated carbocycles. The fraction of sp³-hybridized carbons (Fsp3) is 0.474. The summed E-state index contributed by atoms with van der Waals surface area (Å²) in [5, 5.41) is 4.20. The van der Waals surface area contributed by atoms with E-state index in [2.05, 4.69) is 5.10 Å². The monoisotopic (exact) mass is 327 g/mol. The second-order valence-electron chi connectivity index (χ2n) is 7.14. The lowest BCUT2D eigenvalue weighted by atomic mass is 10.0. The Hall–Kier alpha value is -2.17. The molecule has 0 spiro atoms. The third-order valence-corrected chi connectivity index (χ3v) is 5.29. The van der Waals surface area contributed by atoms with Crippen LogP contribution in [0.3, 0.4) is 0 Å². The number of nitrogens with zero attached hydrogens (tertiary/aromatic N) is 3. The van der Waals surface area contributed by atoms with E-state index in [1.54, 1.807) is 6.07 Å². The average Bonchev–Trinajstić information content (AvgIpc) is 3.04. The highest BCUT2D eigenvalue weighted by molar-refractivity contribution is 5.83. The molecule has 1 aliphatic carbocycles. The quantitative estimate of drug-likeness (QED) is 0.866. The van der Waals surface area contributed by atoms with Gasteiger partial charge in [0, 0.05) is 32.3 Å². The molecule has 1 amide bonds. The number of hydrogen-bond acceptors (Lipinski definition) is 2. The Bertz CT molecular complexity index is 757. The highest BCUT2D eigenvalue weighted by atomic mass is 19.1. The Kier molecular flexibility index (Phi) is 3.87. The minimum atomic E-state index is -0.186. The first kappa shape index (κ1) is 15.4. The number of aryl methyl sites for hydroxylation is 1. The summed E-state index contributed by atoms with van der Waals surface area (Å²) in [6.07, 6.45) is 6.74. The molecule has 2 heterocycles. The van der Waals surface area contributed by atoms with Crippen molar-refractivity contribution in [3.05, 3.63) is 53.6 Å². The molecule has 0 unspecified atom stereocenters. The van der Waals surface area contributed by atoms with Crippen LogP contribution in [-0.4, -0.2) is 33.7 Å². The molecule has 1 aromatic heterocycles. The fourth-order valence-electron chi connectivity index (χ4n) is 3.93. The topological polar surface area (TPSA) is 38.1 Å². The Morgan fingerprint density at radius 1 is 1.38 bits per heavy atom. The summed E-state index contributed by atoms with van der Waals surface area (Å²) < 4.78 is 15.7. The lowest BCUT2D eigenvalue weighted by Crippen LogP contribution is -2.30. The maximum Gasteiger partial charge on any atom is 0.226 e. The number of rotatable bonds is 4. The van der Waals surface area contributed by atoms with Gasteiger partial charge in [0.2, 0.25) is 5.91 Å². The maximum atomic E-state index is 13.9. The van der Waals surface area contributed by atoms with Gasteiger partial charge in [-0.25, -0.2) is 4.39 Å². The van der Waals surface area contributed by atoms with E-state index in [9.17, 15) is 9.18 Å². The molecule has 0 radical (unpaired) electrons. The molecule has 1 aromatic carbocycles. The van der Waals surface area contributed by atoms with Crippen LogP contribution in [0.15, 0.2) is 36.7 Å². The van der Waals surface area contributed by atoms with E-state index in [-0.39, 0.29) is 23.6 Å². The summed E-state index contributed by atoms with van der Waals surface area (Å²) in [4.78, 5) is 14.7. The maximum absolute atomic E-state index is 13.9. The molecule has 1 aliphatic heterocycles. The van der Waals surface area contributed by atoms with E-state index in [0.717, 1.165) is 32.4 Å². The Balaban J connectivity index is 1.34. The van der Waals surface area contributed by atoms with Gasteiger partial charge in [0.15, 0.2) is 0 Å².